The van der Waals surface area contributed by atoms with Crippen LogP contribution >= 0.6 is 0 Å². The highest BCUT2D eigenvalue weighted by atomic mass is 19.1. The average Bonchev–Trinajstić information content (AvgIpc) is 3.01. The second-order valence-corrected chi connectivity index (χ2v) is 7.91. The second-order valence-electron chi connectivity index (χ2n) is 7.91. The van der Waals surface area contributed by atoms with Crippen LogP contribution in [0.3, 0.4) is 0 Å². The quantitative estimate of drug-likeness (QED) is 0.794. The normalized spacial score (nSPS) is 19.2. The Hall–Kier alpha value is -2.54. The van der Waals surface area contributed by atoms with Gasteiger partial charge in [-0.25, -0.2) is 9.37 Å². The summed E-state index contributed by atoms with van der Waals surface area (Å²) in [5.41, 5.74) is 1.11. The molecule has 2 aliphatic rings. The molecule has 0 unspecified atom stereocenters. The molecule has 2 fully saturated rings. The first-order chi connectivity index (χ1) is 14.2. The van der Waals surface area contributed by atoms with E-state index in [1.54, 1.807) is 18.6 Å². The first-order valence-corrected chi connectivity index (χ1v) is 10.5. The molecule has 0 N–H and O–H groups in total. The lowest BCUT2D eigenvalue weighted by atomic mass is 9.95. The van der Waals surface area contributed by atoms with Gasteiger partial charge in [-0.1, -0.05) is 12.1 Å². The van der Waals surface area contributed by atoms with Crippen molar-refractivity contribution in [3.05, 3.63) is 54.2 Å². The van der Waals surface area contributed by atoms with Crippen molar-refractivity contribution in [3.63, 3.8) is 0 Å². The van der Waals surface area contributed by atoms with E-state index in [-0.39, 0.29) is 11.7 Å². The van der Waals surface area contributed by atoms with Gasteiger partial charge >= 0.3 is 0 Å². The van der Waals surface area contributed by atoms with Gasteiger partial charge in [-0.05, 0) is 37.0 Å². The van der Waals surface area contributed by atoms with Crippen molar-refractivity contribution in [2.45, 2.75) is 25.8 Å². The van der Waals surface area contributed by atoms with Crippen molar-refractivity contribution in [2.24, 2.45) is 5.92 Å². The van der Waals surface area contributed by atoms with Crippen LogP contribution in [0.2, 0.25) is 0 Å². The molecule has 0 aliphatic carbocycles. The topological polar surface area (TPSA) is 52.6 Å². The minimum Gasteiger partial charge on any atom is -0.355 e. The number of nitrogens with zero attached hydrogens (tertiary/aromatic N) is 5. The predicted octanol–water partition coefficient (Wildman–Crippen LogP) is 2.57. The Bertz CT molecular complexity index is 793. The van der Waals surface area contributed by atoms with Crippen molar-refractivity contribution < 1.29 is 9.18 Å². The lowest BCUT2D eigenvalue weighted by Gasteiger charge is -2.34. The Morgan fingerprint density at radius 3 is 2.52 bits per heavy atom. The van der Waals surface area contributed by atoms with E-state index in [2.05, 4.69) is 19.8 Å². The van der Waals surface area contributed by atoms with Crippen LogP contribution in [0.25, 0.3) is 0 Å². The Kier molecular flexibility index (Phi) is 6.34. The van der Waals surface area contributed by atoms with Gasteiger partial charge in [0, 0.05) is 64.1 Å². The smallest absolute Gasteiger partial charge is 0.225 e. The van der Waals surface area contributed by atoms with Gasteiger partial charge < -0.3 is 9.80 Å². The van der Waals surface area contributed by atoms with Crippen LogP contribution < -0.4 is 4.90 Å². The van der Waals surface area contributed by atoms with Crippen LogP contribution in [0.4, 0.5) is 10.2 Å². The molecule has 7 heteroatoms. The van der Waals surface area contributed by atoms with Crippen LogP contribution in [0.15, 0.2) is 42.9 Å². The molecule has 0 bridgehead atoms. The summed E-state index contributed by atoms with van der Waals surface area (Å²) in [7, 11) is 0. The zero-order chi connectivity index (χ0) is 20.1. The molecular weight excluding hydrogens is 369 g/mol. The van der Waals surface area contributed by atoms with E-state index in [0.29, 0.717) is 5.91 Å². The van der Waals surface area contributed by atoms with Crippen molar-refractivity contribution in [1.29, 1.82) is 0 Å². The first kappa shape index (κ1) is 19.8. The van der Waals surface area contributed by atoms with Gasteiger partial charge in [0.15, 0.2) is 0 Å². The van der Waals surface area contributed by atoms with E-state index in [9.17, 15) is 9.18 Å². The zero-order valence-electron chi connectivity index (χ0n) is 16.7. The monoisotopic (exact) mass is 397 g/mol. The molecular formula is C22H28FN5O. The molecule has 0 spiro atoms. The molecule has 1 aromatic carbocycles. The number of carbonyl (C=O) groups is 1. The van der Waals surface area contributed by atoms with E-state index in [0.717, 1.165) is 76.5 Å². The number of halogens is 1. The fraction of sp³-hybridized carbons (Fsp3) is 0.500. The summed E-state index contributed by atoms with van der Waals surface area (Å²) in [4.78, 5) is 28.2. The van der Waals surface area contributed by atoms with Gasteiger partial charge in [0.25, 0.3) is 0 Å². The van der Waals surface area contributed by atoms with Gasteiger partial charge in [-0.2, -0.15) is 0 Å². The van der Waals surface area contributed by atoms with Crippen LogP contribution in [0.5, 0.6) is 0 Å². The van der Waals surface area contributed by atoms with Gasteiger partial charge in [-0.15, -0.1) is 0 Å². The molecule has 2 saturated heterocycles. The second kappa shape index (κ2) is 9.31. The lowest BCUT2D eigenvalue weighted by Crippen LogP contribution is -2.44. The summed E-state index contributed by atoms with van der Waals surface area (Å²) in [6.45, 7) is 5.92. The highest BCUT2D eigenvalue weighted by Gasteiger charge is 2.30. The number of anilines is 1. The van der Waals surface area contributed by atoms with Crippen molar-refractivity contribution in [2.75, 3.05) is 44.2 Å². The number of carbonyl (C=O) groups excluding carboxylic acids is 1. The summed E-state index contributed by atoms with van der Waals surface area (Å²) in [5.74, 6) is 1.09. The molecule has 4 rings (SSSR count). The van der Waals surface area contributed by atoms with Gasteiger partial charge in [0.2, 0.25) is 5.91 Å². The largest absolute Gasteiger partial charge is 0.355 e. The fourth-order valence-corrected chi connectivity index (χ4v) is 4.27. The Morgan fingerprint density at radius 1 is 1.00 bits per heavy atom. The third-order valence-corrected chi connectivity index (χ3v) is 5.94. The minimum atomic E-state index is -0.202. The highest BCUT2D eigenvalue weighted by molar-refractivity contribution is 5.79. The highest BCUT2D eigenvalue weighted by Crippen LogP contribution is 2.23. The summed E-state index contributed by atoms with van der Waals surface area (Å²) in [6.07, 6.45) is 7.88. The minimum absolute atomic E-state index is 0.103. The maximum Gasteiger partial charge on any atom is 0.225 e. The molecule has 0 atom stereocenters. The fourth-order valence-electron chi connectivity index (χ4n) is 4.27. The number of aromatic nitrogens is 2. The molecule has 6 nitrogen and oxygen atoms in total. The molecule has 29 heavy (non-hydrogen) atoms. The molecule has 2 aromatic rings. The first-order valence-electron chi connectivity index (χ1n) is 10.5. The van der Waals surface area contributed by atoms with Crippen molar-refractivity contribution in [1.82, 2.24) is 19.8 Å². The van der Waals surface area contributed by atoms with Crippen LogP contribution in [-0.4, -0.2) is 64.9 Å². The van der Waals surface area contributed by atoms with Crippen LogP contribution in [-0.2, 0) is 11.3 Å². The van der Waals surface area contributed by atoms with E-state index in [1.165, 1.54) is 12.1 Å². The predicted molar refractivity (Wildman–Crippen MR) is 110 cm³/mol. The average molecular weight is 397 g/mol. The summed E-state index contributed by atoms with van der Waals surface area (Å²) in [5, 5.41) is 0. The van der Waals surface area contributed by atoms with Crippen LogP contribution in [0.1, 0.15) is 24.8 Å². The van der Waals surface area contributed by atoms with Gasteiger partial charge in [0.05, 0.1) is 6.20 Å². The number of hydrogen-bond donors (Lipinski definition) is 0. The maximum atomic E-state index is 13.1. The number of piperidine rings is 1. The third-order valence-electron chi connectivity index (χ3n) is 5.94. The molecule has 0 radical (unpaired) electrons. The van der Waals surface area contributed by atoms with Gasteiger partial charge in [0.1, 0.15) is 11.6 Å². The summed E-state index contributed by atoms with van der Waals surface area (Å²) in [6, 6.07) is 6.70. The van der Waals surface area contributed by atoms with Gasteiger partial charge in [-0.3, -0.25) is 14.7 Å². The summed E-state index contributed by atoms with van der Waals surface area (Å²) >= 11 is 0. The molecule has 3 heterocycles. The number of hydrogen-bond acceptors (Lipinski definition) is 5. The Morgan fingerprint density at radius 2 is 1.79 bits per heavy atom. The molecule has 0 saturated carbocycles. The zero-order valence-corrected chi connectivity index (χ0v) is 16.7. The van der Waals surface area contributed by atoms with E-state index in [1.807, 2.05) is 17.0 Å². The molecule has 1 amide bonds. The number of benzene rings is 1. The number of amides is 1. The lowest BCUT2D eigenvalue weighted by molar-refractivity contribution is -0.136. The van der Waals surface area contributed by atoms with Crippen LogP contribution in [0, 0.1) is 11.7 Å². The van der Waals surface area contributed by atoms with E-state index >= 15 is 0 Å². The maximum absolute atomic E-state index is 13.1. The van der Waals surface area contributed by atoms with Crippen molar-refractivity contribution >= 4 is 11.7 Å². The summed E-state index contributed by atoms with van der Waals surface area (Å²) < 4.78 is 13.1. The standard InChI is InChI=1S/C22H28FN5O/c23-20-4-2-18(3-5-20)17-26-10-1-11-28(15-14-26)22(29)19-6-12-27(13-7-19)21-16-24-8-9-25-21/h2-5,8-9,16,19H,1,6-7,10-15,17H2. The third kappa shape index (κ3) is 5.09. The molecule has 1 aromatic heterocycles. The Labute approximate surface area is 171 Å². The van der Waals surface area contributed by atoms with E-state index in [4.69, 9.17) is 0 Å². The molecule has 2 aliphatic heterocycles. The van der Waals surface area contributed by atoms with E-state index < -0.39 is 0 Å². The Balaban J connectivity index is 1.27. The number of rotatable bonds is 4. The van der Waals surface area contributed by atoms with Crippen molar-refractivity contribution in [3.8, 4) is 0 Å². The SMILES string of the molecule is O=C(C1CCN(c2cnccn2)CC1)N1CCCN(Cc2ccc(F)cc2)CC1. The molecule has 154 valence electrons.